The molecule has 1 aromatic carbocycles. The molecule has 94 valence electrons. The normalized spacial score (nSPS) is 9.84. The van der Waals surface area contributed by atoms with Crippen molar-refractivity contribution in [1.29, 1.82) is 5.26 Å². The van der Waals surface area contributed by atoms with Gasteiger partial charge in [0.2, 0.25) is 0 Å². The molecule has 0 spiro atoms. The van der Waals surface area contributed by atoms with Crippen molar-refractivity contribution >= 4 is 17.4 Å². The molecule has 0 aliphatic heterocycles. The van der Waals surface area contributed by atoms with E-state index < -0.39 is 4.92 Å². The number of hydrogen-bond acceptors (Lipinski definition) is 6. The molecule has 0 saturated carbocycles. The van der Waals surface area contributed by atoms with Crippen molar-refractivity contribution in [3.05, 3.63) is 52.2 Å². The molecule has 7 heteroatoms. The topological polar surface area (TPSA) is 100 Å². The molecule has 0 saturated heterocycles. The van der Waals surface area contributed by atoms with Gasteiger partial charge in [-0.15, -0.1) is 0 Å². The van der Waals surface area contributed by atoms with Crippen LogP contribution in [0.5, 0.6) is 5.75 Å². The van der Waals surface area contributed by atoms with Crippen molar-refractivity contribution in [1.82, 2.24) is 4.98 Å². The SMILES string of the molecule is N#Cc1cnc(Sc2ccc(O)cc2)c([N+](=O)[O-])c1. The standard InChI is InChI=1S/C12H7N3O3S/c13-6-8-5-11(15(17)18)12(14-7-8)19-10-3-1-9(16)2-4-10/h1-5,7,16H. The van der Waals surface area contributed by atoms with Crippen LogP contribution in [0.3, 0.4) is 0 Å². The maximum Gasteiger partial charge on any atom is 0.303 e. The monoisotopic (exact) mass is 273 g/mol. The van der Waals surface area contributed by atoms with Gasteiger partial charge in [-0.1, -0.05) is 11.8 Å². The number of hydrogen-bond donors (Lipinski definition) is 1. The largest absolute Gasteiger partial charge is 0.508 e. The number of nitrogens with zero attached hydrogens (tertiary/aromatic N) is 3. The summed E-state index contributed by atoms with van der Waals surface area (Å²) < 4.78 is 0. The second-order valence-corrected chi connectivity index (χ2v) is 4.58. The van der Waals surface area contributed by atoms with Crippen LogP contribution in [0.15, 0.2) is 46.5 Å². The Morgan fingerprint density at radius 1 is 1.37 bits per heavy atom. The zero-order chi connectivity index (χ0) is 13.8. The fourth-order valence-corrected chi connectivity index (χ4v) is 2.18. The summed E-state index contributed by atoms with van der Waals surface area (Å²) in [6, 6.07) is 9.23. The summed E-state index contributed by atoms with van der Waals surface area (Å²) in [6.07, 6.45) is 1.29. The Balaban J connectivity index is 2.37. The van der Waals surface area contributed by atoms with Gasteiger partial charge in [-0.25, -0.2) is 4.98 Å². The number of nitro groups is 1. The Morgan fingerprint density at radius 3 is 2.63 bits per heavy atom. The minimum atomic E-state index is -0.573. The van der Waals surface area contributed by atoms with Crippen molar-refractivity contribution in [2.24, 2.45) is 0 Å². The van der Waals surface area contributed by atoms with Crippen LogP contribution >= 0.6 is 11.8 Å². The third-order valence-electron chi connectivity index (χ3n) is 2.21. The molecule has 0 atom stereocenters. The first-order valence-electron chi connectivity index (χ1n) is 5.11. The minimum Gasteiger partial charge on any atom is -0.508 e. The summed E-state index contributed by atoms with van der Waals surface area (Å²) in [5.41, 5.74) is -0.0705. The van der Waals surface area contributed by atoms with Gasteiger partial charge in [-0.05, 0) is 24.3 Å². The molecule has 0 bridgehead atoms. The summed E-state index contributed by atoms with van der Waals surface area (Å²) >= 11 is 1.10. The third kappa shape index (κ3) is 3.00. The number of benzene rings is 1. The Hall–Kier alpha value is -2.59. The van der Waals surface area contributed by atoms with Gasteiger partial charge in [0.15, 0.2) is 5.03 Å². The molecule has 1 heterocycles. The molecular weight excluding hydrogens is 266 g/mol. The molecule has 0 radical (unpaired) electrons. The zero-order valence-electron chi connectivity index (χ0n) is 9.48. The van der Waals surface area contributed by atoms with Crippen molar-refractivity contribution in [3.8, 4) is 11.8 Å². The van der Waals surface area contributed by atoms with Gasteiger partial charge in [0, 0.05) is 17.2 Å². The number of aromatic hydroxyl groups is 1. The first-order valence-corrected chi connectivity index (χ1v) is 5.93. The summed E-state index contributed by atoms with van der Waals surface area (Å²) in [5, 5.41) is 29.0. The molecule has 0 aliphatic rings. The summed E-state index contributed by atoms with van der Waals surface area (Å²) in [5.74, 6) is 0.117. The van der Waals surface area contributed by atoms with E-state index in [1.807, 2.05) is 6.07 Å². The Morgan fingerprint density at radius 2 is 2.05 bits per heavy atom. The predicted molar refractivity (Wildman–Crippen MR) is 67.8 cm³/mol. The summed E-state index contributed by atoms with van der Waals surface area (Å²) in [7, 11) is 0. The lowest BCUT2D eigenvalue weighted by atomic mass is 10.3. The molecule has 0 unspecified atom stereocenters. The summed E-state index contributed by atoms with van der Waals surface area (Å²) in [4.78, 5) is 15.0. The number of rotatable bonds is 3. The predicted octanol–water partition coefficient (Wildman–Crippen LogP) is 2.72. The molecule has 0 fully saturated rings. The van der Waals surface area contributed by atoms with Crippen LogP contribution in [0.25, 0.3) is 0 Å². The molecule has 2 aromatic rings. The first kappa shape index (κ1) is 12.9. The van der Waals surface area contributed by atoms with Gasteiger partial charge >= 0.3 is 5.69 Å². The Labute approximate surface area is 112 Å². The van der Waals surface area contributed by atoms with E-state index in [1.165, 1.54) is 24.4 Å². The smallest absolute Gasteiger partial charge is 0.303 e. The number of nitriles is 1. The highest BCUT2D eigenvalue weighted by atomic mass is 32.2. The number of phenolic OH excluding ortho intramolecular Hbond substituents is 1. The van der Waals surface area contributed by atoms with E-state index in [9.17, 15) is 10.1 Å². The molecular formula is C12H7N3O3S. The van der Waals surface area contributed by atoms with Crippen LogP contribution in [0.2, 0.25) is 0 Å². The highest BCUT2D eigenvalue weighted by Crippen LogP contribution is 2.33. The van der Waals surface area contributed by atoms with E-state index in [1.54, 1.807) is 12.1 Å². The van der Waals surface area contributed by atoms with Crippen molar-refractivity contribution in [2.75, 3.05) is 0 Å². The number of pyridine rings is 1. The van der Waals surface area contributed by atoms with E-state index in [0.29, 0.717) is 4.90 Å². The lowest BCUT2D eigenvalue weighted by molar-refractivity contribution is -0.388. The zero-order valence-corrected chi connectivity index (χ0v) is 10.3. The van der Waals surface area contributed by atoms with Crippen LogP contribution in [-0.4, -0.2) is 15.0 Å². The quantitative estimate of drug-likeness (QED) is 0.681. The van der Waals surface area contributed by atoms with Gasteiger partial charge in [0.25, 0.3) is 0 Å². The second kappa shape index (κ2) is 5.37. The fourth-order valence-electron chi connectivity index (χ4n) is 1.34. The molecule has 6 nitrogen and oxygen atoms in total. The number of aromatic nitrogens is 1. The second-order valence-electron chi connectivity index (χ2n) is 3.51. The molecule has 2 rings (SSSR count). The van der Waals surface area contributed by atoms with E-state index >= 15 is 0 Å². The lowest BCUT2D eigenvalue weighted by Crippen LogP contribution is -1.94. The van der Waals surface area contributed by atoms with Crippen LogP contribution in [0, 0.1) is 21.4 Å². The van der Waals surface area contributed by atoms with Crippen LogP contribution < -0.4 is 0 Å². The van der Waals surface area contributed by atoms with Gasteiger partial charge in [0.1, 0.15) is 11.8 Å². The maximum absolute atomic E-state index is 10.9. The van der Waals surface area contributed by atoms with Gasteiger partial charge in [0.05, 0.1) is 10.5 Å². The van der Waals surface area contributed by atoms with Crippen molar-refractivity contribution in [3.63, 3.8) is 0 Å². The van der Waals surface area contributed by atoms with Crippen LogP contribution in [0.1, 0.15) is 5.56 Å². The van der Waals surface area contributed by atoms with E-state index in [0.717, 1.165) is 11.8 Å². The molecule has 19 heavy (non-hydrogen) atoms. The van der Waals surface area contributed by atoms with E-state index in [4.69, 9.17) is 10.4 Å². The van der Waals surface area contributed by atoms with E-state index in [2.05, 4.69) is 4.98 Å². The minimum absolute atomic E-state index is 0.117. The Kier molecular flexibility index (Phi) is 3.63. The van der Waals surface area contributed by atoms with Gasteiger partial charge < -0.3 is 5.11 Å². The van der Waals surface area contributed by atoms with Gasteiger partial charge in [-0.2, -0.15) is 5.26 Å². The van der Waals surface area contributed by atoms with Crippen LogP contribution in [0.4, 0.5) is 5.69 Å². The Bertz CT molecular complexity index is 665. The number of phenols is 1. The molecule has 0 aliphatic carbocycles. The average Bonchev–Trinajstić information content (AvgIpc) is 2.41. The molecule has 1 N–H and O–H groups in total. The third-order valence-corrected chi connectivity index (χ3v) is 3.23. The first-order chi connectivity index (χ1) is 9.10. The molecule has 1 aromatic heterocycles. The van der Waals surface area contributed by atoms with Crippen molar-refractivity contribution < 1.29 is 10.0 Å². The van der Waals surface area contributed by atoms with Crippen LogP contribution in [-0.2, 0) is 0 Å². The molecule has 0 amide bonds. The fraction of sp³-hybridized carbons (Fsp3) is 0. The highest BCUT2D eigenvalue weighted by molar-refractivity contribution is 7.99. The lowest BCUT2D eigenvalue weighted by Gasteiger charge is -2.02. The van der Waals surface area contributed by atoms with Crippen molar-refractivity contribution in [2.45, 2.75) is 9.92 Å². The van der Waals surface area contributed by atoms with E-state index in [-0.39, 0.29) is 22.0 Å². The van der Waals surface area contributed by atoms with Gasteiger partial charge in [-0.3, -0.25) is 10.1 Å². The maximum atomic E-state index is 10.9. The average molecular weight is 273 g/mol. The summed E-state index contributed by atoms with van der Waals surface area (Å²) in [6.45, 7) is 0. The highest BCUT2D eigenvalue weighted by Gasteiger charge is 2.17.